The van der Waals surface area contributed by atoms with Crippen LogP contribution in [0.3, 0.4) is 0 Å². The molecule has 13 heavy (non-hydrogen) atoms. The summed E-state index contributed by atoms with van der Waals surface area (Å²) in [5, 5.41) is 0. The summed E-state index contributed by atoms with van der Waals surface area (Å²) in [6, 6.07) is 0. The molecular formula is C8H15Cl2NO2. The summed E-state index contributed by atoms with van der Waals surface area (Å²) in [6.45, 7) is 5.91. The molecule has 0 amide bonds. The highest BCUT2D eigenvalue weighted by atomic mass is 35.5. The lowest BCUT2D eigenvalue weighted by Gasteiger charge is -2.25. The number of carbonyl (C=O) groups excluding carboxylic acids is 1. The van der Waals surface area contributed by atoms with Crippen LogP contribution in [-0.2, 0) is 9.53 Å². The van der Waals surface area contributed by atoms with Crippen LogP contribution in [-0.4, -0.2) is 22.1 Å². The van der Waals surface area contributed by atoms with Gasteiger partial charge in [0.05, 0.1) is 18.6 Å². The molecule has 78 valence electrons. The van der Waals surface area contributed by atoms with E-state index in [-0.39, 0.29) is 12.4 Å². The number of carbonyl (C=O) groups is 1. The molecule has 5 heteroatoms. The summed E-state index contributed by atoms with van der Waals surface area (Å²) in [5.41, 5.74) is -0.589. The lowest BCUT2D eigenvalue weighted by Crippen LogP contribution is -2.34. The van der Waals surface area contributed by atoms with E-state index in [2.05, 4.69) is 0 Å². The van der Waals surface area contributed by atoms with Crippen molar-refractivity contribution in [2.75, 3.05) is 6.61 Å². The van der Waals surface area contributed by atoms with E-state index in [9.17, 15) is 4.79 Å². The van der Waals surface area contributed by atoms with E-state index in [0.29, 0.717) is 6.61 Å². The van der Waals surface area contributed by atoms with Gasteiger partial charge in [-0.3, -0.25) is 4.79 Å². The summed E-state index contributed by atoms with van der Waals surface area (Å²) in [6.07, 6.45) is 0.998. The van der Waals surface area contributed by atoms with Gasteiger partial charge in [0.25, 0.3) is 0 Å². The molecule has 0 atom stereocenters. The maximum Gasteiger partial charge on any atom is 0.307 e. The summed E-state index contributed by atoms with van der Waals surface area (Å²) in [4.78, 5) is 11.2. The van der Waals surface area contributed by atoms with E-state index in [1.54, 1.807) is 13.8 Å². The predicted molar refractivity (Wildman–Crippen MR) is 53.5 cm³/mol. The maximum atomic E-state index is 11.2. The van der Waals surface area contributed by atoms with Crippen molar-refractivity contribution < 1.29 is 9.53 Å². The molecule has 0 aliphatic heterocycles. The number of halogens is 2. The standard InChI is InChI=1S/C8H15Cl2NO2/c1-4-5-13-7(12)6-8(2,3)11(9)10/h4-6H2,1-3H3. The molecule has 0 aromatic heterocycles. The average Bonchev–Trinajstić information content (AvgIpc) is 1.99. The molecule has 0 saturated carbocycles. The lowest BCUT2D eigenvalue weighted by molar-refractivity contribution is -0.145. The zero-order valence-corrected chi connectivity index (χ0v) is 9.65. The van der Waals surface area contributed by atoms with Gasteiger partial charge < -0.3 is 4.74 Å². The molecule has 0 rings (SSSR count). The Bertz CT molecular complexity index is 172. The van der Waals surface area contributed by atoms with E-state index in [4.69, 9.17) is 28.3 Å². The fraction of sp³-hybridized carbons (Fsp3) is 0.875. The SMILES string of the molecule is CCCOC(=O)CC(C)(C)N(Cl)Cl. The molecule has 0 spiro atoms. The van der Waals surface area contributed by atoms with E-state index >= 15 is 0 Å². The van der Waals surface area contributed by atoms with Crippen LogP contribution >= 0.6 is 23.6 Å². The second kappa shape index (κ2) is 5.68. The third kappa shape index (κ3) is 5.34. The Labute approximate surface area is 89.2 Å². The van der Waals surface area contributed by atoms with Gasteiger partial charge >= 0.3 is 5.97 Å². The maximum absolute atomic E-state index is 11.2. The van der Waals surface area contributed by atoms with Crippen LogP contribution in [0.4, 0.5) is 0 Å². The van der Waals surface area contributed by atoms with Crippen LogP contribution in [0.1, 0.15) is 33.6 Å². The van der Waals surface area contributed by atoms with Crippen molar-refractivity contribution in [3.05, 3.63) is 0 Å². The highest BCUT2D eigenvalue weighted by Gasteiger charge is 2.28. The van der Waals surface area contributed by atoms with Crippen LogP contribution in [0.15, 0.2) is 0 Å². The van der Waals surface area contributed by atoms with Gasteiger partial charge in [-0.2, -0.15) is 0 Å². The molecule has 0 heterocycles. The molecule has 3 nitrogen and oxygen atoms in total. The molecule has 0 unspecified atom stereocenters. The molecule has 0 saturated heterocycles. The Morgan fingerprint density at radius 2 is 2.00 bits per heavy atom. The minimum Gasteiger partial charge on any atom is -0.466 e. The minimum absolute atomic E-state index is 0.181. The Morgan fingerprint density at radius 3 is 2.38 bits per heavy atom. The first-order chi connectivity index (χ1) is 5.90. The van der Waals surface area contributed by atoms with Crippen molar-refractivity contribution in [3.63, 3.8) is 0 Å². The molecule has 0 aliphatic carbocycles. The van der Waals surface area contributed by atoms with Gasteiger partial charge in [0.1, 0.15) is 0 Å². The Kier molecular flexibility index (Phi) is 5.68. The lowest BCUT2D eigenvalue weighted by atomic mass is 10.0. The highest BCUT2D eigenvalue weighted by Crippen LogP contribution is 2.23. The molecule has 0 N–H and O–H groups in total. The second-order valence-electron chi connectivity index (χ2n) is 3.44. The monoisotopic (exact) mass is 227 g/mol. The molecular weight excluding hydrogens is 213 g/mol. The fourth-order valence-electron chi connectivity index (χ4n) is 0.680. The Morgan fingerprint density at radius 1 is 1.46 bits per heavy atom. The summed E-state index contributed by atoms with van der Waals surface area (Å²) >= 11 is 11.1. The second-order valence-corrected chi connectivity index (χ2v) is 4.29. The zero-order valence-electron chi connectivity index (χ0n) is 8.14. The van der Waals surface area contributed by atoms with Gasteiger partial charge in [-0.15, -0.1) is 3.94 Å². The van der Waals surface area contributed by atoms with Gasteiger partial charge in [0, 0.05) is 0 Å². The van der Waals surface area contributed by atoms with E-state index in [0.717, 1.165) is 10.4 Å². The van der Waals surface area contributed by atoms with Gasteiger partial charge in [-0.25, -0.2) is 0 Å². The largest absolute Gasteiger partial charge is 0.466 e. The van der Waals surface area contributed by atoms with Gasteiger partial charge in [-0.05, 0) is 43.8 Å². The first-order valence-electron chi connectivity index (χ1n) is 4.17. The van der Waals surface area contributed by atoms with Crippen molar-refractivity contribution in [3.8, 4) is 0 Å². The van der Waals surface area contributed by atoms with Crippen molar-refractivity contribution >= 4 is 29.5 Å². The zero-order chi connectivity index (χ0) is 10.5. The topological polar surface area (TPSA) is 29.5 Å². The van der Waals surface area contributed by atoms with Crippen molar-refractivity contribution in [1.29, 1.82) is 0 Å². The van der Waals surface area contributed by atoms with Gasteiger partial charge in [0.15, 0.2) is 0 Å². The first-order valence-corrected chi connectivity index (χ1v) is 4.85. The molecule has 0 aromatic carbocycles. The van der Waals surface area contributed by atoms with Crippen molar-refractivity contribution in [2.24, 2.45) is 0 Å². The molecule has 0 aromatic rings. The highest BCUT2D eigenvalue weighted by molar-refractivity contribution is 6.34. The number of esters is 1. The third-order valence-corrected chi connectivity index (χ3v) is 2.42. The average molecular weight is 228 g/mol. The summed E-state index contributed by atoms with van der Waals surface area (Å²) in [5.74, 6) is -0.279. The Balaban J connectivity index is 3.90. The van der Waals surface area contributed by atoms with Crippen LogP contribution in [0, 0.1) is 0 Å². The van der Waals surface area contributed by atoms with E-state index < -0.39 is 5.54 Å². The Hall–Kier alpha value is 0.01000. The van der Waals surface area contributed by atoms with Crippen LogP contribution in [0.5, 0.6) is 0 Å². The summed E-state index contributed by atoms with van der Waals surface area (Å²) in [7, 11) is 0. The number of hydrogen-bond donors (Lipinski definition) is 0. The smallest absolute Gasteiger partial charge is 0.307 e. The molecule has 0 aliphatic rings. The molecule has 0 radical (unpaired) electrons. The third-order valence-electron chi connectivity index (χ3n) is 1.50. The molecule has 0 fully saturated rings. The van der Waals surface area contributed by atoms with Crippen LogP contribution < -0.4 is 0 Å². The van der Waals surface area contributed by atoms with E-state index in [1.165, 1.54) is 0 Å². The molecule has 0 bridgehead atoms. The van der Waals surface area contributed by atoms with Gasteiger partial charge in [0.2, 0.25) is 0 Å². The van der Waals surface area contributed by atoms with Crippen LogP contribution in [0.2, 0.25) is 0 Å². The number of nitrogens with zero attached hydrogens (tertiary/aromatic N) is 1. The first kappa shape index (κ1) is 13.0. The van der Waals surface area contributed by atoms with Crippen molar-refractivity contribution in [1.82, 2.24) is 3.94 Å². The number of rotatable bonds is 5. The van der Waals surface area contributed by atoms with E-state index in [1.807, 2.05) is 6.92 Å². The predicted octanol–water partition coefficient (Wildman–Crippen LogP) is 2.72. The summed E-state index contributed by atoms with van der Waals surface area (Å²) < 4.78 is 5.87. The van der Waals surface area contributed by atoms with Gasteiger partial charge in [-0.1, -0.05) is 6.92 Å². The normalized spacial score (nSPS) is 11.8. The fourth-order valence-corrected chi connectivity index (χ4v) is 0.799. The van der Waals surface area contributed by atoms with Crippen LogP contribution in [0.25, 0.3) is 0 Å². The quantitative estimate of drug-likeness (QED) is 0.535. The number of hydrogen-bond acceptors (Lipinski definition) is 3. The number of ether oxygens (including phenoxy) is 1. The minimum atomic E-state index is -0.589. The van der Waals surface area contributed by atoms with Crippen molar-refractivity contribution in [2.45, 2.75) is 39.2 Å².